The molecule has 0 N–H and O–H groups in total. The molecule has 9 nitrogen and oxygen atoms in total. The average molecular weight is 484 g/mol. The highest BCUT2D eigenvalue weighted by atomic mass is 35.5. The predicted molar refractivity (Wildman–Crippen MR) is 117 cm³/mol. The van der Waals surface area contributed by atoms with Crippen LogP contribution in [0.25, 0.3) is 10.2 Å². The highest BCUT2D eigenvalue weighted by Crippen LogP contribution is 2.25. The predicted octanol–water partition coefficient (Wildman–Crippen LogP) is 3.45. The first-order chi connectivity index (χ1) is 14.6. The fourth-order valence-corrected chi connectivity index (χ4v) is 4.86. The van der Waals surface area contributed by atoms with Gasteiger partial charge in [0.25, 0.3) is 11.6 Å². The van der Waals surface area contributed by atoms with Crippen molar-refractivity contribution in [2.24, 2.45) is 4.99 Å². The molecule has 1 aromatic heterocycles. The van der Waals surface area contributed by atoms with Gasteiger partial charge in [0.2, 0.25) is 0 Å². The molecule has 0 unspecified atom stereocenters. The standard InChI is InChI=1S/C19H18ClN3O6S2/c1-3-29-9-8-22-16-7-5-13(31(2,27)28)11-17(16)30-19(22)21-18(24)14-10-12(20)4-6-15(14)23(25)26/h4-7,10-11H,3,8-9H2,1-2H3. The maximum absolute atomic E-state index is 12.8. The van der Waals surface area contributed by atoms with E-state index in [0.29, 0.717) is 30.0 Å². The number of carbonyl (C=O) groups is 1. The summed E-state index contributed by atoms with van der Waals surface area (Å²) in [4.78, 5) is 27.9. The van der Waals surface area contributed by atoms with E-state index in [0.717, 1.165) is 23.7 Å². The smallest absolute Gasteiger partial charge is 0.286 e. The van der Waals surface area contributed by atoms with Gasteiger partial charge in [-0.25, -0.2) is 8.42 Å². The SMILES string of the molecule is CCOCCn1c(=NC(=O)c2cc(Cl)ccc2[N+](=O)[O-])sc2cc(S(C)(=O)=O)ccc21. The third kappa shape index (κ3) is 5.18. The number of nitrogens with zero attached hydrogens (tertiary/aromatic N) is 3. The van der Waals surface area contributed by atoms with Crippen molar-refractivity contribution in [3.8, 4) is 0 Å². The van der Waals surface area contributed by atoms with E-state index >= 15 is 0 Å². The van der Waals surface area contributed by atoms with Crippen molar-refractivity contribution < 1.29 is 22.9 Å². The van der Waals surface area contributed by atoms with Gasteiger partial charge < -0.3 is 9.30 Å². The molecule has 0 saturated carbocycles. The molecule has 0 radical (unpaired) electrons. The molecule has 0 saturated heterocycles. The molecule has 0 aliphatic carbocycles. The maximum atomic E-state index is 12.8. The van der Waals surface area contributed by atoms with Crippen molar-refractivity contribution in [2.45, 2.75) is 18.4 Å². The first kappa shape index (κ1) is 23.1. The van der Waals surface area contributed by atoms with Gasteiger partial charge in [-0.05, 0) is 37.3 Å². The quantitative estimate of drug-likeness (QED) is 0.288. The molecule has 3 rings (SSSR count). The first-order valence-corrected chi connectivity index (χ1v) is 12.1. The number of hydrogen-bond donors (Lipinski definition) is 0. The van der Waals surface area contributed by atoms with Crippen LogP contribution in [0.4, 0.5) is 5.69 Å². The lowest BCUT2D eigenvalue weighted by Crippen LogP contribution is -2.20. The minimum Gasteiger partial charge on any atom is -0.380 e. The second-order valence-electron chi connectivity index (χ2n) is 6.47. The van der Waals surface area contributed by atoms with E-state index < -0.39 is 26.4 Å². The summed E-state index contributed by atoms with van der Waals surface area (Å²) in [5.74, 6) is -0.825. The lowest BCUT2D eigenvalue weighted by molar-refractivity contribution is -0.385. The van der Waals surface area contributed by atoms with Crippen LogP contribution in [0.3, 0.4) is 0 Å². The molecule has 2 aromatic carbocycles. The number of thiazole rings is 1. The van der Waals surface area contributed by atoms with E-state index in [1.165, 1.54) is 24.3 Å². The summed E-state index contributed by atoms with van der Waals surface area (Å²) < 4.78 is 31.5. The lowest BCUT2D eigenvalue weighted by atomic mass is 10.2. The summed E-state index contributed by atoms with van der Waals surface area (Å²) in [6.45, 7) is 3.05. The normalized spacial score (nSPS) is 12.4. The lowest BCUT2D eigenvalue weighted by Gasteiger charge is -2.06. The molecule has 3 aromatic rings. The molecule has 0 fully saturated rings. The van der Waals surface area contributed by atoms with Gasteiger partial charge in [0.1, 0.15) is 5.56 Å². The molecule has 0 aliphatic heterocycles. The summed E-state index contributed by atoms with van der Waals surface area (Å²) >= 11 is 7.02. The van der Waals surface area contributed by atoms with Crippen molar-refractivity contribution in [1.29, 1.82) is 0 Å². The number of fused-ring (bicyclic) bond motifs is 1. The highest BCUT2D eigenvalue weighted by Gasteiger charge is 2.21. The Kier molecular flexibility index (Phi) is 6.90. The van der Waals surface area contributed by atoms with Crippen LogP contribution < -0.4 is 4.80 Å². The monoisotopic (exact) mass is 483 g/mol. The van der Waals surface area contributed by atoms with E-state index in [2.05, 4.69) is 4.99 Å². The van der Waals surface area contributed by atoms with Crippen LogP contribution in [-0.2, 0) is 21.1 Å². The molecule has 0 spiro atoms. The Morgan fingerprint density at radius 1 is 1.29 bits per heavy atom. The molecule has 0 bridgehead atoms. The summed E-state index contributed by atoms with van der Waals surface area (Å²) in [6.07, 6.45) is 1.11. The zero-order valence-corrected chi connectivity index (χ0v) is 19.0. The van der Waals surface area contributed by atoms with Gasteiger partial charge in [-0.15, -0.1) is 0 Å². The van der Waals surface area contributed by atoms with Crippen LogP contribution in [0.1, 0.15) is 17.3 Å². The van der Waals surface area contributed by atoms with Gasteiger partial charge in [-0.2, -0.15) is 4.99 Å². The Labute approximate surface area is 186 Å². The van der Waals surface area contributed by atoms with E-state index in [9.17, 15) is 23.3 Å². The van der Waals surface area contributed by atoms with Crippen LogP contribution in [0, 0.1) is 10.1 Å². The summed E-state index contributed by atoms with van der Waals surface area (Å²) in [6, 6.07) is 8.31. The largest absolute Gasteiger partial charge is 0.380 e. The van der Waals surface area contributed by atoms with Crippen LogP contribution in [-0.4, -0.2) is 43.3 Å². The summed E-state index contributed by atoms with van der Waals surface area (Å²) in [5.41, 5.74) is 0.0341. The molecule has 0 atom stereocenters. The molecule has 1 amide bonds. The van der Waals surface area contributed by atoms with Crippen molar-refractivity contribution in [3.05, 3.63) is 61.9 Å². The fourth-order valence-electron chi connectivity index (χ4n) is 2.87. The number of ether oxygens (including phenoxy) is 1. The average Bonchev–Trinajstić information content (AvgIpc) is 3.03. The van der Waals surface area contributed by atoms with E-state index in [4.69, 9.17) is 16.3 Å². The Morgan fingerprint density at radius 3 is 2.68 bits per heavy atom. The van der Waals surface area contributed by atoms with Gasteiger partial charge in [0.05, 0.1) is 26.6 Å². The Balaban J connectivity index is 2.18. The molecule has 1 heterocycles. The number of halogens is 1. The van der Waals surface area contributed by atoms with Crippen molar-refractivity contribution in [2.75, 3.05) is 19.5 Å². The Morgan fingerprint density at radius 2 is 2.03 bits per heavy atom. The summed E-state index contributed by atoms with van der Waals surface area (Å²) in [5, 5.41) is 11.5. The second-order valence-corrected chi connectivity index (χ2v) is 9.93. The molecule has 12 heteroatoms. The number of rotatable bonds is 7. The summed E-state index contributed by atoms with van der Waals surface area (Å²) in [7, 11) is -3.42. The second kappa shape index (κ2) is 9.27. The fraction of sp³-hybridized carbons (Fsp3) is 0.263. The third-order valence-corrected chi connectivity index (χ3v) is 6.72. The Hall–Kier alpha value is -2.60. The molecular formula is C19H18ClN3O6S2. The number of nitro groups is 1. The number of amides is 1. The number of aromatic nitrogens is 1. The van der Waals surface area contributed by atoms with Crippen molar-refractivity contribution in [1.82, 2.24) is 4.57 Å². The van der Waals surface area contributed by atoms with Crippen molar-refractivity contribution >= 4 is 54.6 Å². The number of benzene rings is 2. The molecule has 0 aliphatic rings. The highest BCUT2D eigenvalue weighted by molar-refractivity contribution is 7.90. The maximum Gasteiger partial charge on any atom is 0.286 e. The minimum absolute atomic E-state index is 0.140. The van der Waals surface area contributed by atoms with Crippen LogP contribution in [0.15, 0.2) is 46.3 Å². The van der Waals surface area contributed by atoms with Gasteiger partial charge in [0.15, 0.2) is 14.6 Å². The zero-order valence-electron chi connectivity index (χ0n) is 16.6. The Bertz CT molecular complexity index is 1340. The minimum atomic E-state index is -3.42. The van der Waals surface area contributed by atoms with Crippen LogP contribution in [0.2, 0.25) is 5.02 Å². The van der Waals surface area contributed by atoms with E-state index in [1.807, 2.05) is 6.92 Å². The topological polar surface area (TPSA) is 121 Å². The molecule has 164 valence electrons. The van der Waals surface area contributed by atoms with Crippen molar-refractivity contribution in [3.63, 3.8) is 0 Å². The van der Waals surface area contributed by atoms with Gasteiger partial charge >= 0.3 is 0 Å². The van der Waals surface area contributed by atoms with Gasteiger partial charge in [0, 0.05) is 30.5 Å². The number of nitro benzene ring substituents is 1. The molecule has 31 heavy (non-hydrogen) atoms. The van der Waals surface area contributed by atoms with Gasteiger partial charge in [-0.1, -0.05) is 22.9 Å². The van der Waals surface area contributed by atoms with Crippen LogP contribution in [0.5, 0.6) is 0 Å². The van der Waals surface area contributed by atoms with Crippen LogP contribution >= 0.6 is 22.9 Å². The first-order valence-electron chi connectivity index (χ1n) is 9.06. The number of sulfone groups is 1. The van der Waals surface area contributed by atoms with E-state index in [-0.39, 0.29) is 20.3 Å². The number of hydrogen-bond acceptors (Lipinski definition) is 7. The molecular weight excluding hydrogens is 466 g/mol. The zero-order chi connectivity index (χ0) is 22.8. The third-order valence-electron chi connectivity index (χ3n) is 4.33. The number of carbonyl (C=O) groups excluding carboxylic acids is 1. The van der Waals surface area contributed by atoms with E-state index in [1.54, 1.807) is 10.6 Å². The van der Waals surface area contributed by atoms with Gasteiger partial charge in [-0.3, -0.25) is 14.9 Å².